The van der Waals surface area contributed by atoms with Crippen LogP contribution < -0.4 is 0 Å². The van der Waals surface area contributed by atoms with E-state index in [1.807, 2.05) is 0 Å². The zero-order chi connectivity index (χ0) is 6.32. The number of thiol groups is 1. The normalized spacial score (nSPS) is 39.0. The Bertz CT molecular complexity index is 116. The Morgan fingerprint density at radius 1 is 1.22 bits per heavy atom. The van der Waals surface area contributed by atoms with E-state index in [4.69, 9.17) is 0 Å². The Labute approximate surface area is 62.4 Å². The van der Waals surface area contributed by atoms with Gasteiger partial charge in [-0.25, -0.2) is 0 Å². The van der Waals surface area contributed by atoms with Crippen molar-refractivity contribution in [2.45, 2.75) is 43.8 Å². The van der Waals surface area contributed by atoms with Crippen LogP contribution in [0.4, 0.5) is 0 Å². The Morgan fingerprint density at radius 2 is 2.00 bits per heavy atom. The SMILES string of the molecule is SC1CCCC2(CC2)C1. The molecule has 0 aromatic heterocycles. The predicted molar refractivity (Wildman–Crippen MR) is 42.9 cm³/mol. The van der Waals surface area contributed by atoms with Gasteiger partial charge in [0.05, 0.1) is 0 Å². The van der Waals surface area contributed by atoms with Gasteiger partial charge in [0, 0.05) is 5.25 Å². The average molecular weight is 142 g/mol. The summed E-state index contributed by atoms with van der Waals surface area (Å²) >= 11 is 4.51. The number of rotatable bonds is 0. The fraction of sp³-hybridized carbons (Fsp3) is 1.00. The first kappa shape index (κ1) is 6.09. The molecule has 2 aliphatic carbocycles. The quantitative estimate of drug-likeness (QED) is 0.494. The molecule has 9 heavy (non-hydrogen) atoms. The van der Waals surface area contributed by atoms with E-state index in [-0.39, 0.29) is 0 Å². The lowest BCUT2D eigenvalue weighted by molar-refractivity contribution is 0.346. The van der Waals surface area contributed by atoms with E-state index in [0.717, 1.165) is 10.7 Å². The van der Waals surface area contributed by atoms with Gasteiger partial charge in [-0.05, 0) is 37.5 Å². The molecule has 2 aliphatic rings. The third kappa shape index (κ3) is 1.12. The minimum atomic E-state index is 0.737. The molecule has 0 aromatic rings. The van der Waals surface area contributed by atoms with Gasteiger partial charge in [0.1, 0.15) is 0 Å². The minimum Gasteiger partial charge on any atom is -0.176 e. The van der Waals surface area contributed by atoms with E-state index in [0.29, 0.717) is 0 Å². The zero-order valence-electron chi connectivity index (χ0n) is 5.77. The molecule has 0 amide bonds. The molecule has 52 valence electrons. The fourth-order valence-corrected chi connectivity index (χ4v) is 2.62. The predicted octanol–water partition coefficient (Wildman–Crippen LogP) is 2.64. The van der Waals surface area contributed by atoms with Crippen LogP contribution in [-0.4, -0.2) is 5.25 Å². The second-order valence-corrected chi connectivity index (χ2v) is 4.48. The van der Waals surface area contributed by atoms with Crippen LogP contribution in [0.2, 0.25) is 0 Å². The molecule has 0 heterocycles. The summed E-state index contributed by atoms with van der Waals surface area (Å²) in [6, 6.07) is 0. The van der Waals surface area contributed by atoms with E-state index in [1.54, 1.807) is 0 Å². The second kappa shape index (κ2) is 1.91. The van der Waals surface area contributed by atoms with Crippen molar-refractivity contribution in [3.05, 3.63) is 0 Å². The second-order valence-electron chi connectivity index (χ2n) is 3.75. The molecule has 0 bridgehead atoms. The summed E-state index contributed by atoms with van der Waals surface area (Å²) < 4.78 is 0. The van der Waals surface area contributed by atoms with E-state index in [9.17, 15) is 0 Å². The van der Waals surface area contributed by atoms with Gasteiger partial charge in [0.25, 0.3) is 0 Å². The zero-order valence-corrected chi connectivity index (χ0v) is 6.66. The largest absolute Gasteiger partial charge is 0.176 e. The van der Waals surface area contributed by atoms with Crippen molar-refractivity contribution in [2.24, 2.45) is 5.41 Å². The van der Waals surface area contributed by atoms with Gasteiger partial charge < -0.3 is 0 Å². The lowest BCUT2D eigenvalue weighted by atomic mass is 9.86. The van der Waals surface area contributed by atoms with Gasteiger partial charge in [-0.2, -0.15) is 12.6 Å². The highest BCUT2D eigenvalue weighted by molar-refractivity contribution is 7.80. The van der Waals surface area contributed by atoms with Crippen LogP contribution in [0.25, 0.3) is 0 Å². The first-order valence-corrected chi connectivity index (χ1v) is 4.51. The maximum absolute atomic E-state index is 4.51. The van der Waals surface area contributed by atoms with E-state index < -0.39 is 0 Å². The topological polar surface area (TPSA) is 0 Å². The van der Waals surface area contributed by atoms with E-state index in [1.165, 1.54) is 38.5 Å². The van der Waals surface area contributed by atoms with Gasteiger partial charge in [-0.15, -0.1) is 0 Å². The first-order chi connectivity index (χ1) is 4.31. The van der Waals surface area contributed by atoms with Gasteiger partial charge >= 0.3 is 0 Å². The van der Waals surface area contributed by atoms with Crippen LogP contribution >= 0.6 is 12.6 Å². The molecule has 2 saturated carbocycles. The van der Waals surface area contributed by atoms with Crippen LogP contribution in [0.15, 0.2) is 0 Å². The van der Waals surface area contributed by atoms with Crippen LogP contribution in [0.3, 0.4) is 0 Å². The van der Waals surface area contributed by atoms with Crippen LogP contribution in [0.5, 0.6) is 0 Å². The molecule has 2 rings (SSSR count). The van der Waals surface area contributed by atoms with Crippen molar-refractivity contribution in [1.82, 2.24) is 0 Å². The summed E-state index contributed by atoms with van der Waals surface area (Å²) in [6.45, 7) is 0. The van der Waals surface area contributed by atoms with Crippen molar-refractivity contribution in [1.29, 1.82) is 0 Å². The molecule has 0 aliphatic heterocycles. The number of hydrogen-bond donors (Lipinski definition) is 1. The van der Waals surface area contributed by atoms with Crippen LogP contribution in [0.1, 0.15) is 38.5 Å². The molecular formula is C8H14S. The summed E-state index contributed by atoms with van der Waals surface area (Å²) in [5.74, 6) is 0. The minimum absolute atomic E-state index is 0.737. The molecule has 0 aromatic carbocycles. The smallest absolute Gasteiger partial charge is 0.00220 e. The van der Waals surface area contributed by atoms with Crippen LogP contribution in [0, 0.1) is 5.41 Å². The van der Waals surface area contributed by atoms with E-state index >= 15 is 0 Å². The van der Waals surface area contributed by atoms with Crippen molar-refractivity contribution in [3.63, 3.8) is 0 Å². The standard InChI is InChI=1S/C8H14S/c9-7-2-1-3-8(6-7)4-5-8/h7,9H,1-6H2. The van der Waals surface area contributed by atoms with Crippen LogP contribution in [-0.2, 0) is 0 Å². The van der Waals surface area contributed by atoms with Crippen molar-refractivity contribution in [2.75, 3.05) is 0 Å². The molecule has 1 heteroatoms. The monoisotopic (exact) mass is 142 g/mol. The lowest BCUT2D eigenvalue weighted by Gasteiger charge is -2.25. The highest BCUT2D eigenvalue weighted by Crippen LogP contribution is 2.56. The Balaban J connectivity index is 1.96. The lowest BCUT2D eigenvalue weighted by Crippen LogP contribution is -2.15. The molecule has 0 nitrogen and oxygen atoms in total. The molecule has 0 N–H and O–H groups in total. The van der Waals surface area contributed by atoms with Crippen molar-refractivity contribution < 1.29 is 0 Å². The summed E-state index contributed by atoms with van der Waals surface area (Å²) in [5, 5.41) is 0.737. The Kier molecular flexibility index (Phi) is 1.29. The highest BCUT2D eigenvalue weighted by Gasteiger charge is 2.44. The summed E-state index contributed by atoms with van der Waals surface area (Å²) in [6.07, 6.45) is 8.73. The Hall–Kier alpha value is 0.350. The third-order valence-electron chi connectivity index (χ3n) is 2.87. The Morgan fingerprint density at radius 3 is 2.44 bits per heavy atom. The maximum Gasteiger partial charge on any atom is 0.00220 e. The van der Waals surface area contributed by atoms with Gasteiger partial charge in [0.15, 0.2) is 0 Å². The van der Waals surface area contributed by atoms with Crippen molar-refractivity contribution >= 4 is 12.6 Å². The molecule has 1 atom stereocenters. The summed E-state index contributed by atoms with van der Waals surface area (Å²) in [5.41, 5.74) is 0.824. The molecule has 1 spiro atoms. The fourth-order valence-electron chi connectivity index (χ4n) is 2.05. The molecule has 2 fully saturated rings. The maximum atomic E-state index is 4.51. The van der Waals surface area contributed by atoms with Gasteiger partial charge in [-0.1, -0.05) is 6.42 Å². The molecular weight excluding hydrogens is 128 g/mol. The molecule has 0 saturated heterocycles. The summed E-state index contributed by atoms with van der Waals surface area (Å²) in [7, 11) is 0. The van der Waals surface area contributed by atoms with Gasteiger partial charge in [0.2, 0.25) is 0 Å². The van der Waals surface area contributed by atoms with Gasteiger partial charge in [-0.3, -0.25) is 0 Å². The average Bonchev–Trinajstić information content (AvgIpc) is 2.49. The third-order valence-corrected chi connectivity index (χ3v) is 3.31. The number of hydrogen-bond acceptors (Lipinski definition) is 1. The molecule has 0 radical (unpaired) electrons. The summed E-state index contributed by atoms with van der Waals surface area (Å²) in [4.78, 5) is 0. The van der Waals surface area contributed by atoms with Crippen molar-refractivity contribution in [3.8, 4) is 0 Å². The van der Waals surface area contributed by atoms with E-state index in [2.05, 4.69) is 12.6 Å². The molecule has 1 unspecified atom stereocenters. The first-order valence-electron chi connectivity index (χ1n) is 3.99. The highest BCUT2D eigenvalue weighted by atomic mass is 32.1.